The Labute approximate surface area is 118 Å². The van der Waals surface area contributed by atoms with E-state index >= 15 is 0 Å². The summed E-state index contributed by atoms with van der Waals surface area (Å²) < 4.78 is 94.0. The van der Waals surface area contributed by atoms with Crippen LogP contribution in [0, 0.1) is 0 Å². The number of hydrogen-bond donors (Lipinski definition) is 0. The Morgan fingerprint density at radius 1 is 0.909 bits per heavy atom. The number of rotatable bonds is 5. The fourth-order valence-corrected chi connectivity index (χ4v) is 2.09. The van der Waals surface area contributed by atoms with Crippen LogP contribution in [0.2, 0.25) is 0 Å². The lowest BCUT2D eigenvalue weighted by molar-refractivity contribution is -0.195. The number of alkyl halides is 6. The highest BCUT2D eigenvalue weighted by molar-refractivity contribution is 7.55. The summed E-state index contributed by atoms with van der Waals surface area (Å²) in [7, 11) is -5.72. The van der Waals surface area contributed by atoms with Crippen LogP contribution < -0.4 is 0 Å². The van der Waals surface area contributed by atoms with Crippen LogP contribution in [-0.4, -0.2) is 43.0 Å². The van der Waals surface area contributed by atoms with Crippen LogP contribution in [0.15, 0.2) is 0 Å². The highest BCUT2D eigenvalue weighted by Crippen LogP contribution is 2.51. The third-order valence-corrected chi connectivity index (χ3v) is 3.07. The van der Waals surface area contributed by atoms with Crippen molar-refractivity contribution in [3.8, 4) is 0 Å². The first kappa shape index (κ1) is 20.2. The minimum absolute atomic E-state index is 0.376. The number of ether oxygens (including phenoxy) is 1. The van der Waals surface area contributed by atoms with Crippen LogP contribution in [0.4, 0.5) is 26.3 Å². The lowest BCUT2D eigenvalue weighted by Crippen LogP contribution is -2.30. The van der Waals surface area contributed by atoms with Crippen LogP contribution in [-0.2, 0) is 32.7 Å². The highest BCUT2D eigenvalue weighted by Gasteiger charge is 2.51. The molecule has 7 nitrogen and oxygen atoms in total. The van der Waals surface area contributed by atoms with E-state index < -0.39 is 44.0 Å². The highest BCUT2D eigenvalue weighted by atomic mass is 31.2. The van der Waals surface area contributed by atoms with E-state index in [2.05, 4.69) is 13.8 Å². The molecule has 14 heteroatoms. The first-order chi connectivity index (χ1) is 9.71. The Kier molecular flexibility index (Phi) is 6.42. The van der Waals surface area contributed by atoms with Gasteiger partial charge in [-0.3, -0.25) is 4.79 Å². The number of carbonyl (C=O) groups is 3. The van der Waals surface area contributed by atoms with Crippen molar-refractivity contribution >= 4 is 25.5 Å². The molecule has 0 fully saturated rings. The average Bonchev–Trinajstić information content (AvgIpc) is 2.25. The first-order valence-electron chi connectivity index (χ1n) is 5.07. The van der Waals surface area contributed by atoms with Crippen molar-refractivity contribution in [3.63, 3.8) is 0 Å². The molecule has 0 spiro atoms. The summed E-state index contributed by atoms with van der Waals surface area (Å²) in [6, 6.07) is 0. The Morgan fingerprint density at radius 2 is 1.27 bits per heavy atom. The van der Waals surface area contributed by atoms with Gasteiger partial charge in [-0.1, -0.05) is 0 Å². The predicted molar refractivity (Wildman–Crippen MR) is 53.4 cm³/mol. The van der Waals surface area contributed by atoms with Gasteiger partial charge in [0.2, 0.25) is 0 Å². The summed E-state index contributed by atoms with van der Waals surface area (Å²) >= 11 is 0. The van der Waals surface area contributed by atoms with Crippen molar-refractivity contribution < 1.29 is 59.1 Å². The lowest BCUT2D eigenvalue weighted by Gasteiger charge is -2.18. The summed E-state index contributed by atoms with van der Waals surface area (Å²) in [6.45, 7) is 0.839. The maximum absolute atomic E-state index is 12.0. The second-order valence-corrected chi connectivity index (χ2v) is 5.23. The summed E-state index contributed by atoms with van der Waals surface area (Å²) in [5, 5.41) is 0. The second kappa shape index (κ2) is 6.99. The van der Waals surface area contributed by atoms with E-state index in [9.17, 15) is 45.3 Å². The number of hydrogen-bond acceptors (Lipinski definition) is 7. The molecular formula is C8H7F6O7P. The van der Waals surface area contributed by atoms with Crippen LogP contribution in [0.1, 0.15) is 6.92 Å². The quantitative estimate of drug-likeness (QED) is 0.420. The van der Waals surface area contributed by atoms with Crippen molar-refractivity contribution in [2.24, 2.45) is 0 Å². The molecule has 0 radical (unpaired) electrons. The molecule has 0 saturated carbocycles. The minimum Gasteiger partial charge on any atom is -0.465 e. The van der Waals surface area contributed by atoms with Crippen molar-refractivity contribution in [2.75, 3.05) is 12.8 Å². The van der Waals surface area contributed by atoms with Gasteiger partial charge in [0.25, 0.3) is 0 Å². The average molecular weight is 360 g/mol. The van der Waals surface area contributed by atoms with Gasteiger partial charge < -0.3 is 13.8 Å². The van der Waals surface area contributed by atoms with E-state index in [0.717, 1.165) is 0 Å². The van der Waals surface area contributed by atoms with E-state index in [4.69, 9.17) is 0 Å². The number of halogens is 6. The second-order valence-electron chi connectivity index (χ2n) is 3.33. The van der Waals surface area contributed by atoms with Crippen molar-refractivity contribution in [2.45, 2.75) is 19.3 Å². The van der Waals surface area contributed by atoms with E-state index in [0.29, 0.717) is 0 Å². The molecule has 22 heavy (non-hydrogen) atoms. The Hall–Kier alpha value is -1.78. The Morgan fingerprint density at radius 3 is 1.55 bits per heavy atom. The molecular weight excluding hydrogens is 353 g/mol. The molecule has 0 heterocycles. The van der Waals surface area contributed by atoms with E-state index in [1.54, 1.807) is 0 Å². The monoisotopic (exact) mass is 360 g/mol. The summed E-state index contributed by atoms with van der Waals surface area (Å²) in [4.78, 5) is 32.0. The molecule has 0 aliphatic carbocycles. The fraction of sp³-hybridized carbons (Fsp3) is 0.625. The number of carbonyl (C=O) groups excluding carboxylic acids is 3. The molecule has 0 N–H and O–H groups in total. The smallest absolute Gasteiger partial charge is 0.465 e. The maximum atomic E-state index is 12.0. The molecule has 0 aromatic heterocycles. The van der Waals surface area contributed by atoms with Crippen LogP contribution >= 0.6 is 7.60 Å². The minimum atomic E-state index is -5.74. The fourth-order valence-electron chi connectivity index (χ4n) is 0.804. The molecule has 0 bridgehead atoms. The third-order valence-electron chi connectivity index (χ3n) is 1.53. The van der Waals surface area contributed by atoms with Crippen molar-refractivity contribution in [3.05, 3.63) is 0 Å². The topological polar surface area (TPSA) is 96.0 Å². The third kappa shape index (κ3) is 6.78. The summed E-state index contributed by atoms with van der Waals surface area (Å²) in [5.74, 6) is -8.00. The molecule has 128 valence electrons. The van der Waals surface area contributed by atoms with Crippen LogP contribution in [0.25, 0.3) is 0 Å². The van der Waals surface area contributed by atoms with Gasteiger partial charge in [0.05, 0.1) is 6.61 Å². The molecule has 0 aliphatic rings. The van der Waals surface area contributed by atoms with Gasteiger partial charge in [-0.15, -0.1) is 0 Å². The van der Waals surface area contributed by atoms with Gasteiger partial charge >= 0.3 is 37.9 Å². The van der Waals surface area contributed by atoms with Gasteiger partial charge in [0, 0.05) is 0 Å². The molecule has 0 amide bonds. The predicted octanol–water partition coefficient (Wildman–Crippen LogP) is 1.95. The standard InChI is InChI=1S/C8H7F6O7P/c1-2-19-4(15)3-22(18,20-5(16)7(9,10)11)21-6(17)8(12,13)14/h2-3H2,1H3. The number of esters is 1. The maximum Gasteiger partial charge on any atom is 0.491 e. The lowest BCUT2D eigenvalue weighted by atomic mass is 10.7. The first-order valence-corrected chi connectivity index (χ1v) is 6.80. The van der Waals surface area contributed by atoms with Gasteiger partial charge in [-0.25, -0.2) is 14.2 Å². The molecule has 0 rings (SSSR count). The van der Waals surface area contributed by atoms with Crippen molar-refractivity contribution in [1.82, 2.24) is 0 Å². The molecule has 0 aromatic rings. The SMILES string of the molecule is CCOC(=O)CP(=O)(OC(=O)C(F)(F)F)OC(=O)C(F)(F)F. The Bertz CT molecular complexity index is 464. The van der Waals surface area contributed by atoms with Gasteiger partial charge in [-0.05, 0) is 6.92 Å². The summed E-state index contributed by atoms with van der Waals surface area (Å²) in [6.07, 6.45) is -13.3. The zero-order valence-electron chi connectivity index (χ0n) is 10.5. The van der Waals surface area contributed by atoms with Crippen LogP contribution in [0.5, 0.6) is 0 Å². The molecule has 0 atom stereocenters. The Balaban J connectivity index is 5.31. The molecule has 0 saturated heterocycles. The van der Waals surface area contributed by atoms with Gasteiger partial charge in [-0.2, -0.15) is 26.3 Å². The largest absolute Gasteiger partial charge is 0.491 e. The zero-order valence-corrected chi connectivity index (χ0v) is 11.4. The zero-order chi connectivity index (χ0) is 17.8. The normalized spacial score (nSPS) is 12.5. The van der Waals surface area contributed by atoms with E-state index in [1.807, 2.05) is 0 Å². The summed E-state index contributed by atoms with van der Waals surface area (Å²) in [5.41, 5.74) is 0. The molecule has 0 aliphatic heterocycles. The van der Waals surface area contributed by atoms with Crippen LogP contribution in [0.3, 0.4) is 0 Å². The van der Waals surface area contributed by atoms with Gasteiger partial charge in [0.15, 0.2) is 6.16 Å². The van der Waals surface area contributed by atoms with Gasteiger partial charge in [0.1, 0.15) is 0 Å². The molecule has 0 unspecified atom stereocenters. The molecule has 0 aromatic carbocycles. The van der Waals surface area contributed by atoms with E-state index in [1.165, 1.54) is 6.92 Å². The van der Waals surface area contributed by atoms with E-state index in [-0.39, 0.29) is 6.61 Å². The van der Waals surface area contributed by atoms with Crippen molar-refractivity contribution in [1.29, 1.82) is 0 Å².